The van der Waals surface area contributed by atoms with E-state index in [0.29, 0.717) is 23.4 Å². The Balaban J connectivity index is 1.56. The summed E-state index contributed by atoms with van der Waals surface area (Å²) < 4.78 is 1.26. The molecule has 0 fully saturated rings. The van der Waals surface area contributed by atoms with Crippen LogP contribution in [0.5, 0.6) is 5.75 Å². The minimum atomic E-state index is -0.422. The van der Waals surface area contributed by atoms with Gasteiger partial charge in [-0.05, 0) is 41.0 Å². The summed E-state index contributed by atoms with van der Waals surface area (Å²) in [6, 6.07) is 17.8. The molecule has 0 aliphatic heterocycles. The monoisotopic (exact) mass is 470 g/mol. The van der Waals surface area contributed by atoms with Crippen LogP contribution in [-0.4, -0.2) is 25.4 Å². The number of halogens is 2. The predicted octanol–water partition coefficient (Wildman–Crippen LogP) is 6.19. The Morgan fingerprint density at radius 1 is 1.00 bits per heavy atom. The van der Waals surface area contributed by atoms with Gasteiger partial charge in [-0.25, -0.2) is 9.78 Å². The van der Waals surface area contributed by atoms with Crippen molar-refractivity contribution in [3.63, 3.8) is 0 Å². The van der Waals surface area contributed by atoms with Gasteiger partial charge in [-0.3, -0.25) is 14.6 Å². The van der Waals surface area contributed by atoms with E-state index in [1.807, 2.05) is 36.4 Å². The van der Waals surface area contributed by atoms with E-state index in [0.717, 1.165) is 16.7 Å². The lowest BCUT2D eigenvalue weighted by Crippen LogP contribution is -2.27. The molecule has 3 aromatic carbocycles. The maximum Gasteiger partial charge on any atom is 0.333 e. The Kier molecular flexibility index (Phi) is 6.18. The van der Waals surface area contributed by atoms with Gasteiger partial charge in [-0.2, -0.15) is 0 Å². The summed E-state index contributed by atoms with van der Waals surface area (Å²) in [5.41, 5.74) is 3.69. The molecule has 156 valence electrons. The van der Waals surface area contributed by atoms with Crippen molar-refractivity contribution in [1.29, 1.82) is 0 Å². The van der Waals surface area contributed by atoms with E-state index >= 15 is 0 Å². The molecule has 6 nitrogen and oxygen atoms in total. The molecule has 31 heavy (non-hydrogen) atoms. The van der Waals surface area contributed by atoms with E-state index in [9.17, 15) is 9.90 Å². The molecule has 0 bridgehead atoms. The summed E-state index contributed by atoms with van der Waals surface area (Å²) in [6.45, 7) is 0.337. The number of nitrogens with one attached hydrogen (secondary N) is 1. The van der Waals surface area contributed by atoms with Crippen molar-refractivity contribution in [2.75, 3.05) is 5.32 Å². The first-order valence-corrected chi connectivity index (χ1v) is 10.3. The molecule has 2 N–H and O–H groups in total. The fourth-order valence-electron chi connectivity index (χ4n) is 2.99. The van der Waals surface area contributed by atoms with Crippen LogP contribution in [0.15, 0.2) is 66.9 Å². The Hall–Kier alpha value is -3.00. The van der Waals surface area contributed by atoms with Crippen molar-refractivity contribution in [3.8, 4) is 16.9 Å². The molecular weight excluding hydrogens is 455 g/mol. The number of aromatic hydroxyl groups is 1. The summed E-state index contributed by atoms with van der Waals surface area (Å²) in [5.74, 6) is 0.132. The second-order valence-electron chi connectivity index (χ2n) is 6.72. The molecule has 1 aromatic heterocycles. The van der Waals surface area contributed by atoms with Crippen LogP contribution >= 0.6 is 36.0 Å². The van der Waals surface area contributed by atoms with Gasteiger partial charge in [0.05, 0.1) is 33.8 Å². The molecule has 0 atom stereocenters. The van der Waals surface area contributed by atoms with Crippen LogP contribution in [0.4, 0.5) is 10.6 Å². The number of hydrogen-bond donors (Lipinski definition) is 3. The highest BCUT2D eigenvalue weighted by atomic mass is 35.5. The molecule has 0 aliphatic rings. The zero-order valence-electron chi connectivity index (χ0n) is 16.0. The number of rotatable bonds is 4. The number of carbonyl (C=O) groups excluding carboxylic acids is 1. The third-order valence-electron chi connectivity index (χ3n) is 4.54. The minimum absolute atomic E-state index is 0.155. The highest BCUT2D eigenvalue weighted by Gasteiger charge is 2.13. The quantitative estimate of drug-likeness (QED) is 0.310. The third-order valence-corrected chi connectivity index (χ3v) is 5.44. The SMILES string of the molecule is O=C(Nc1cnc2ccc(-c3cc(Cl)c(O)c(Cl)c3)cc2n1)N(S)Cc1ccccc1. The largest absolute Gasteiger partial charge is 0.505 e. The van der Waals surface area contributed by atoms with Gasteiger partial charge < -0.3 is 5.11 Å². The summed E-state index contributed by atoms with van der Waals surface area (Å²) in [5, 5.41) is 12.8. The molecule has 0 radical (unpaired) electrons. The maximum absolute atomic E-state index is 12.5. The first-order chi connectivity index (χ1) is 14.9. The van der Waals surface area contributed by atoms with Crippen LogP contribution in [0.3, 0.4) is 0 Å². The first kappa shape index (κ1) is 21.2. The molecule has 0 unspecified atom stereocenters. The number of phenolic OH excluding ortho intramolecular Hbond substituents is 1. The molecule has 0 spiro atoms. The second-order valence-corrected chi connectivity index (χ2v) is 8.02. The number of phenols is 1. The summed E-state index contributed by atoms with van der Waals surface area (Å²) in [7, 11) is 0. The number of urea groups is 1. The number of amides is 2. The summed E-state index contributed by atoms with van der Waals surface area (Å²) >= 11 is 16.3. The van der Waals surface area contributed by atoms with E-state index in [-0.39, 0.29) is 15.8 Å². The van der Waals surface area contributed by atoms with Crippen molar-refractivity contribution < 1.29 is 9.90 Å². The molecule has 9 heteroatoms. The number of carbonyl (C=O) groups is 1. The summed E-state index contributed by atoms with van der Waals surface area (Å²) in [6.07, 6.45) is 1.48. The molecule has 4 aromatic rings. The van der Waals surface area contributed by atoms with Gasteiger partial charge in [0.15, 0.2) is 11.6 Å². The average molecular weight is 471 g/mol. The number of thiol groups is 1. The van der Waals surface area contributed by atoms with Gasteiger partial charge in [0, 0.05) is 0 Å². The van der Waals surface area contributed by atoms with Crippen molar-refractivity contribution in [1.82, 2.24) is 14.3 Å². The Bertz CT molecular complexity index is 1250. The van der Waals surface area contributed by atoms with Gasteiger partial charge in [0.25, 0.3) is 0 Å². The van der Waals surface area contributed by atoms with Crippen LogP contribution in [0, 0.1) is 0 Å². The van der Waals surface area contributed by atoms with Gasteiger partial charge in [-0.1, -0.05) is 72.4 Å². The van der Waals surface area contributed by atoms with Crippen LogP contribution < -0.4 is 5.32 Å². The molecule has 4 rings (SSSR count). The Morgan fingerprint density at radius 2 is 1.71 bits per heavy atom. The lowest BCUT2D eigenvalue weighted by atomic mass is 10.0. The Labute approximate surface area is 194 Å². The van der Waals surface area contributed by atoms with Crippen molar-refractivity contribution >= 4 is 58.9 Å². The van der Waals surface area contributed by atoms with Crippen LogP contribution in [-0.2, 0) is 6.54 Å². The van der Waals surface area contributed by atoms with Gasteiger partial charge >= 0.3 is 6.03 Å². The molecule has 0 saturated heterocycles. The molecule has 1 heterocycles. The standard InChI is InChI=1S/C22H16Cl2N4O2S/c23-16-8-15(9-17(24)21(16)29)14-6-7-18-19(10-14)26-20(11-25-18)27-22(30)28(31)12-13-4-2-1-3-5-13/h1-11,29,31H,12H2,(H,26,27,30). The van der Waals surface area contributed by atoms with Crippen molar-refractivity contribution in [2.45, 2.75) is 6.54 Å². The van der Waals surface area contributed by atoms with E-state index < -0.39 is 6.03 Å². The zero-order valence-corrected chi connectivity index (χ0v) is 18.4. The minimum Gasteiger partial charge on any atom is -0.505 e. The number of anilines is 1. The molecule has 0 saturated carbocycles. The number of aromatic nitrogens is 2. The third kappa shape index (κ3) is 4.85. The van der Waals surface area contributed by atoms with E-state index in [1.54, 1.807) is 24.3 Å². The Morgan fingerprint density at radius 3 is 2.42 bits per heavy atom. The fourth-order valence-corrected chi connectivity index (χ4v) is 3.69. The first-order valence-electron chi connectivity index (χ1n) is 9.17. The molecule has 2 amide bonds. The van der Waals surface area contributed by atoms with Gasteiger partial charge in [0.1, 0.15) is 0 Å². The van der Waals surface area contributed by atoms with Gasteiger partial charge in [-0.15, -0.1) is 0 Å². The van der Waals surface area contributed by atoms with Crippen LogP contribution in [0.25, 0.3) is 22.2 Å². The maximum atomic E-state index is 12.5. The van der Waals surface area contributed by atoms with E-state index in [4.69, 9.17) is 23.2 Å². The average Bonchev–Trinajstić information content (AvgIpc) is 2.77. The number of hydrogen-bond acceptors (Lipinski definition) is 5. The number of nitrogens with zero attached hydrogens (tertiary/aromatic N) is 3. The van der Waals surface area contributed by atoms with Crippen molar-refractivity contribution in [2.24, 2.45) is 0 Å². The van der Waals surface area contributed by atoms with E-state index in [2.05, 4.69) is 28.1 Å². The lowest BCUT2D eigenvalue weighted by Gasteiger charge is -2.16. The number of fused-ring (bicyclic) bond motifs is 1. The van der Waals surface area contributed by atoms with Gasteiger partial charge in [0.2, 0.25) is 0 Å². The van der Waals surface area contributed by atoms with Crippen LogP contribution in [0.2, 0.25) is 10.0 Å². The zero-order chi connectivity index (χ0) is 22.0. The lowest BCUT2D eigenvalue weighted by molar-refractivity contribution is 0.238. The fraction of sp³-hybridized carbons (Fsp3) is 0.0455. The summed E-state index contributed by atoms with van der Waals surface area (Å²) in [4.78, 5) is 21.3. The highest BCUT2D eigenvalue weighted by molar-refractivity contribution is 7.78. The normalized spacial score (nSPS) is 10.8. The highest BCUT2D eigenvalue weighted by Crippen LogP contribution is 2.36. The van der Waals surface area contributed by atoms with Crippen molar-refractivity contribution in [3.05, 3.63) is 82.5 Å². The molecular formula is C22H16Cl2N4O2S. The van der Waals surface area contributed by atoms with Crippen LogP contribution in [0.1, 0.15) is 5.56 Å². The number of benzene rings is 3. The van der Waals surface area contributed by atoms with E-state index in [1.165, 1.54) is 10.5 Å². The topological polar surface area (TPSA) is 78.3 Å². The molecule has 0 aliphatic carbocycles. The predicted molar refractivity (Wildman–Crippen MR) is 127 cm³/mol. The smallest absolute Gasteiger partial charge is 0.333 e. The second kappa shape index (κ2) is 9.01.